The third-order valence-electron chi connectivity index (χ3n) is 5.61. The first-order valence-corrected chi connectivity index (χ1v) is 10.3. The number of likely N-dealkylation sites (N-methyl/N-ethyl adjacent to an activating group) is 1. The Morgan fingerprint density at radius 2 is 2.20 bits per heavy atom. The van der Waals surface area contributed by atoms with Crippen molar-refractivity contribution < 1.29 is 14.3 Å². The molecule has 0 spiro atoms. The number of carbonyl (C=O) groups is 1. The van der Waals surface area contributed by atoms with Gasteiger partial charge in [-0.15, -0.1) is 0 Å². The summed E-state index contributed by atoms with van der Waals surface area (Å²) in [5.74, 6) is 1.49. The molecule has 0 radical (unpaired) electrons. The summed E-state index contributed by atoms with van der Waals surface area (Å²) in [6, 6.07) is 5.88. The molecule has 0 aromatic carbocycles. The molecule has 5 rings (SSSR count). The summed E-state index contributed by atoms with van der Waals surface area (Å²) in [6.45, 7) is 3.01. The van der Waals surface area contributed by atoms with Crippen LogP contribution in [-0.2, 0) is 16.6 Å². The highest BCUT2D eigenvalue weighted by molar-refractivity contribution is 5.93. The molecule has 9 heteroatoms. The van der Waals surface area contributed by atoms with E-state index in [1.165, 1.54) is 0 Å². The van der Waals surface area contributed by atoms with E-state index in [2.05, 4.69) is 27.5 Å². The van der Waals surface area contributed by atoms with Crippen LogP contribution in [0.4, 0.5) is 5.82 Å². The summed E-state index contributed by atoms with van der Waals surface area (Å²) < 4.78 is 15.4. The lowest BCUT2D eigenvalue weighted by Crippen LogP contribution is -2.42. The average Bonchev–Trinajstić information content (AvgIpc) is 3.41. The number of rotatable bonds is 6. The number of fused-ring (bicyclic) bond motifs is 1. The summed E-state index contributed by atoms with van der Waals surface area (Å²) in [5.41, 5.74) is 2.76. The molecule has 0 bridgehead atoms. The molecule has 1 aliphatic heterocycles. The highest BCUT2D eigenvalue weighted by atomic mass is 16.5. The number of aromatic nitrogens is 4. The monoisotopic (exact) mass is 410 g/mol. The van der Waals surface area contributed by atoms with Crippen molar-refractivity contribution in [2.45, 2.75) is 18.9 Å². The van der Waals surface area contributed by atoms with E-state index in [9.17, 15) is 4.79 Å². The largest absolute Gasteiger partial charge is 0.487 e. The van der Waals surface area contributed by atoms with Gasteiger partial charge < -0.3 is 19.7 Å². The van der Waals surface area contributed by atoms with E-state index in [0.717, 1.165) is 55.1 Å². The Morgan fingerprint density at radius 3 is 3.00 bits per heavy atom. The molecule has 1 aliphatic carbocycles. The van der Waals surface area contributed by atoms with Crippen LogP contribution in [0, 0.1) is 5.92 Å². The fraction of sp³-hybridized carbons (Fsp3) is 0.476. The van der Waals surface area contributed by atoms with Crippen molar-refractivity contribution in [3.8, 4) is 17.0 Å². The Bertz CT molecular complexity index is 1070. The fourth-order valence-corrected chi connectivity index (χ4v) is 3.78. The van der Waals surface area contributed by atoms with Gasteiger partial charge in [0, 0.05) is 43.9 Å². The van der Waals surface area contributed by atoms with Gasteiger partial charge in [-0.25, -0.2) is 4.52 Å². The predicted octanol–water partition coefficient (Wildman–Crippen LogP) is 1.79. The molecule has 3 aromatic heterocycles. The average molecular weight is 410 g/mol. The van der Waals surface area contributed by atoms with Crippen LogP contribution in [0.15, 0.2) is 30.6 Å². The van der Waals surface area contributed by atoms with E-state index in [1.807, 2.05) is 31.4 Å². The third kappa shape index (κ3) is 3.90. The zero-order chi connectivity index (χ0) is 20.7. The van der Waals surface area contributed by atoms with Gasteiger partial charge in [-0.1, -0.05) is 0 Å². The van der Waals surface area contributed by atoms with Crippen LogP contribution in [0.2, 0.25) is 0 Å². The number of anilines is 1. The van der Waals surface area contributed by atoms with Crippen LogP contribution >= 0.6 is 0 Å². The van der Waals surface area contributed by atoms with Crippen LogP contribution in [0.3, 0.4) is 0 Å². The summed E-state index contributed by atoms with van der Waals surface area (Å²) in [4.78, 5) is 14.3. The topological polar surface area (TPSA) is 85.9 Å². The first-order valence-electron chi connectivity index (χ1n) is 10.3. The van der Waals surface area contributed by atoms with Crippen molar-refractivity contribution in [1.82, 2.24) is 24.3 Å². The number of morpholine rings is 1. The number of carbonyl (C=O) groups excluding carboxylic acids is 1. The number of aryl methyl sites for hydroxylation is 1. The molecule has 4 heterocycles. The molecule has 2 aliphatic rings. The maximum atomic E-state index is 12.0. The minimum Gasteiger partial charge on any atom is -0.487 e. The second-order valence-electron chi connectivity index (χ2n) is 8.13. The van der Waals surface area contributed by atoms with Crippen LogP contribution in [0.1, 0.15) is 12.8 Å². The van der Waals surface area contributed by atoms with E-state index in [-0.39, 0.29) is 17.9 Å². The Hall–Kier alpha value is -2.91. The summed E-state index contributed by atoms with van der Waals surface area (Å²) in [5, 5.41) is 11.7. The smallest absolute Gasteiger partial charge is 0.228 e. The van der Waals surface area contributed by atoms with Gasteiger partial charge in [0.2, 0.25) is 5.91 Å². The normalized spacial score (nSPS) is 19.9. The van der Waals surface area contributed by atoms with E-state index < -0.39 is 0 Å². The number of pyridine rings is 1. The van der Waals surface area contributed by atoms with E-state index in [4.69, 9.17) is 9.47 Å². The van der Waals surface area contributed by atoms with Crippen molar-refractivity contribution in [1.29, 1.82) is 0 Å². The third-order valence-corrected chi connectivity index (χ3v) is 5.61. The van der Waals surface area contributed by atoms with Crippen LogP contribution in [0.25, 0.3) is 16.8 Å². The van der Waals surface area contributed by atoms with E-state index >= 15 is 0 Å². The molecule has 2 fully saturated rings. The van der Waals surface area contributed by atoms with Gasteiger partial charge in [-0.3, -0.25) is 9.48 Å². The second kappa shape index (κ2) is 7.73. The van der Waals surface area contributed by atoms with Gasteiger partial charge in [0.05, 0.1) is 18.3 Å². The molecule has 1 atom stereocenters. The van der Waals surface area contributed by atoms with Crippen molar-refractivity contribution in [3.05, 3.63) is 30.6 Å². The lowest BCUT2D eigenvalue weighted by molar-refractivity contribution is -0.117. The maximum absolute atomic E-state index is 12.0. The van der Waals surface area contributed by atoms with Gasteiger partial charge in [-0.05, 0) is 32.0 Å². The summed E-state index contributed by atoms with van der Waals surface area (Å²) in [6.07, 6.45) is 5.60. The van der Waals surface area contributed by atoms with Crippen molar-refractivity contribution in [2.24, 2.45) is 13.0 Å². The lowest BCUT2D eigenvalue weighted by Gasteiger charge is -2.29. The van der Waals surface area contributed by atoms with Gasteiger partial charge in [-0.2, -0.15) is 10.2 Å². The SMILES string of the molecule is CN1CCO[C@@H](COc2cnn(C)c2-c2ccn3nc(NC(=O)C4CC4)cc3c2)C1. The number of nitrogens with one attached hydrogen (secondary N) is 1. The van der Waals surface area contributed by atoms with Crippen molar-refractivity contribution in [3.63, 3.8) is 0 Å². The lowest BCUT2D eigenvalue weighted by atomic mass is 10.1. The highest BCUT2D eigenvalue weighted by Gasteiger charge is 2.30. The van der Waals surface area contributed by atoms with Gasteiger partial charge in [0.25, 0.3) is 0 Å². The first-order chi connectivity index (χ1) is 14.6. The Labute approximate surface area is 174 Å². The van der Waals surface area contributed by atoms with Crippen molar-refractivity contribution >= 4 is 17.2 Å². The van der Waals surface area contributed by atoms with Crippen LogP contribution in [0.5, 0.6) is 5.75 Å². The Balaban J connectivity index is 1.35. The molecule has 1 amide bonds. The quantitative estimate of drug-likeness (QED) is 0.667. The molecule has 1 saturated carbocycles. The maximum Gasteiger partial charge on any atom is 0.228 e. The molecule has 9 nitrogen and oxygen atoms in total. The summed E-state index contributed by atoms with van der Waals surface area (Å²) >= 11 is 0. The predicted molar refractivity (Wildman–Crippen MR) is 111 cm³/mol. The molecule has 158 valence electrons. The van der Waals surface area contributed by atoms with Gasteiger partial charge in [0.1, 0.15) is 18.4 Å². The number of hydrogen-bond donors (Lipinski definition) is 1. The number of nitrogens with zero attached hydrogens (tertiary/aromatic N) is 5. The highest BCUT2D eigenvalue weighted by Crippen LogP contribution is 2.32. The van der Waals surface area contributed by atoms with Gasteiger partial charge >= 0.3 is 0 Å². The number of amides is 1. The molecular formula is C21H26N6O3. The van der Waals surface area contributed by atoms with E-state index in [1.54, 1.807) is 15.4 Å². The standard InChI is InChI=1S/C21H26N6O3/c1-25-7-8-29-17(12-25)13-30-18-11-22-26(2)20(18)15-5-6-27-16(9-15)10-19(24-27)23-21(28)14-3-4-14/h5-6,9-11,14,17H,3-4,7-8,12-13H2,1-2H3,(H,23,24,28)/t17-/m1/s1. The summed E-state index contributed by atoms with van der Waals surface area (Å²) in [7, 11) is 3.99. The zero-order valence-electron chi connectivity index (χ0n) is 17.2. The molecular weight excluding hydrogens is 384 g/mol. The van der Waals surface area contributed by atoms with Crippen LogP contribution in [-0.4, -0.2) is 69.7 Å². The minimum atomic E-state index is 0.0479. The minimum absolute atomic E-state index is 0.0479. The van der Waals surface area contributed by atoms with Crippen molar-refractivity contribution in [2.75, 3.05) is 38.7 Å². The second-order valence-corrected chi connectivity index (χ2v) is 8.13. The Kier molecular flexibility index (Phi) is 4.92. The Morgan fingerprint density at radius 1 is 1.33 bits per heavy atom. The molecule has 1 saturated heterocycles. The molecule has 0 unspecified atom stereocenters. The van der Waals surface area contributed by atoms with Crippen LogP contribution < -0.4 is 10.1 Å². The van der Waals surface area contributed by atoms with Gasteiger partial charge in [0.15, 0.2) is 11.6 Å². The number of hydrogen-bond acceptors (Lipinski definition) is 6. The first kappa shape index (κ1) is 19.1. The van der Waals surface area contributed by atoms with E-state index in [0.29, 0.717) is 12.4 Å². The molecule has 30 heavy (non-hydrogen) atoms. The molecule has 3 aromatic rings. The fourth-order valence-electron chi connectivity index (χ4n) is 3.78. The molecule has 1 N–H and O–H groups in total. The number of ether oxygens (including phenoxy) is 2. The zero-order valence-corrected chi connectivity index (χ0v) is 17.2.